The maximum atomic E-state index is 11.6. The smallest absolute Gasteiger partial charge is 0.338 e. The van der Waals surface area contributed by atoms with Crippen LogP contribution in [0, 0.1) is 35.5 Å². The van der Waals surface area contributed by atoms with Crippen molar-refractivity contribution in [2.24, 2.45) is 35.5 Å². The number of esters is 1. The second-order valence-electron chi connectivity index (χ2n) is 24.4. The molecule has 0 saturated heterocycles. The van der Waals surface area contributed by atoms with Gasteiger partial charge in [-0.25, -0.2) is 4.79 Å². The molecule has 2 saturated carbocycles. The van der Waals surface area contributed by atoms with Gasteiger partial charge in [0.25, 0.3) is 0 Å². The highest BCUT2D eigenvalue weighted by Crippen LogP contribution is 2.36. The number of carbonyl (C=O) groups is 9. The van der Waals surface area contributed by atoms with Gasteiger partial charge in [-0.2, -0.15) is 0 Å². The van der Waals surface area contributed by atoms with Crippen LogP contribution in [0.3, 0.4) is 0 Å². The molecule has 0 amide bonds. The summed E-state index contributed by atoms with van der Waals surface area (Å²) < 4.78 is 18.3. The number of carbonyl (C=O) groups excluding carboxylic acids is 9. The van der Waals surface area contributed by atoms with Crippen molar-refractivity contribution < 1.29 is 57.4 Å². The standard InChI is InChI=1S/C13H16O3S2.C12H22O2S2.C12H16O2S2.C12H16OS2.C9H16OS2.C8H16OS2.C6H12OS2.C5H10OS2/c1-10(9-18-13(15)17-2)8-16-12(14)11-6-4-3-5-7-11;2*1-10(9-16-12(13)15-2)8-14-11-6-4-3-5-7-11;1-3-10(9-15-12(13)14-2)11-7-5-4-6-8-11;1-7-5-3-4-6-8(7)12-9(10)11-2;1-4-7(5-2)6-11-8(9)10-3;1-5(2)4-9-6(7)8-3;1-3-4-8-5(6)7-2/h3-7,10H,8-9H2,1-2H3;10-11H,3-9H2,1-2H3;3-7,10H,8-9H2,1-2H3;4-8,10H,3,9H2,1-2H3;7-8H,3-6H2,1-2H3;7H,4-6H2,1-3H3;5H,4H2,1-3H3;3-4H2,1-2H3. The van der Waals surface area contributed by atoms with Gasteiger partial charge in [0.15, 0.2) is 0 Å². The van der Waals surface area contributed by atoms with Crippen molar-refractivity contribution in [2.45, 2.75) is 170 Å². The molecule has 105 heavy (non-hydrogen) atoms. The molecule has 0 heterocycles. The molecular formula is C77H124O12S16. The fraction of sp³-hybridized carbons (Fsp3) is 0.649. The first kappa shape index (κ1) is 109. The van der Waals surface area contributed by atoms with E-state index < -0.39 is 0 Å². The highest BCUT2D eigenvalue weighted by molar-refractivity contribution is 8.41. The molecule has 600 valence electrons. The van der Waals surface area contributed by atoms with Crippen LogP contribution in [-0.2, 0) is 9.47 Å². The lowest BCUT2D eigenvalue weighted by Gasteiger charge is -2.26. The van der Waals surface area contributed by atoms with Gasteiger partial charge in [0.1, 0.15) is 5.75 Å². The van der Waals surface area contributed by atoms with Gasteiger partial charge in [-0.3, -0.25) is 38.4 Å². The summed E-state index contributed by atoms with van der Waals surface area (Å²) in [5, 5.41) is 0.596. The summed E-state index contributed by atoms with van der Waals surface area (Å²) in [4.78, 5) is 99.3. The van der Waals surface area contributed by atoms with Crippen LogP contribution >= 0.6 is 188 Å². The van der Waals surface area contributed by atoms with Gasteiger partial charge in [-0.15, -0.1) is 0 Å². The first-order chi connectivity index (χ1) is 50.3. The molecule has 0 radical (unpaired) electrons. The van der Waals surface area contributed by atoms with Crippen LogP contribution in [0.25, 0.3) is 0 Å². The third-order valence-electron chi connectivity index (χ3n) is 14.7. The van der Waals surface area contributed by atoms with Crippen molar-refractivity contribution in [3.05, 3.63) is 102 Å². The zero-order valence-electron chi connectivity index (χ0n) is 65.6. The zero-order valence-corrected chi connectivity index (χ0v) is 78.6. The molecule has 28 heteroatoms. The normalized spacial score (nSPS) is 14.8. The summed E-state index contributed by atoms with van der Waals surface area (Å²) in [5.41, 5.74) is 1.89. The number of hydrogen-bond acceptors (Lipinski definition) is 28. The Bertz CT molecular complexity index is 2670. The van der Waals surface area contributed by atoms with E-state index in [1.165, 1.54) is 253 Å². The maximum Gasteiger partial charge on any atom is 0.338 e. The third kappa shape index (κ3) is 68.0. The van der Waals surface area contributed by atoms with Gasteiger partial charge in [0, 0.05) is 45.5 Å². The van der Waals surface area contributed by atoms with E-state index in [0.29, 0.717) is 59.6 Å². The van der Waals surface area contributed by atoms with Crippen molar-refractivity contribution in [1.82, 2.24) is 0 Å². The number of para-hydroxylation sites is 1. The Morgan fingerprint density at radius 2 is 0.800 bits per heavy atom. The van der Waals surface area contributed by atoms with E-state index in [2.05, 4.69) is 86.6 Å². The third-order valence-corrected chi connectivity index (χ3v) is 31.9. The van der Waals surface area contributed by atoms with Crippen LogP contribution in [0.15, 0.2) is 91.0 Å². The van der Waals surface area contributed by atoms with Crippen molar-refractivity contribution >= 4 is 230 Å². The quantitative estimate of drug-likeness (QED) is 0.0625. The summed E-state index contributed by atoms with van der Waals surface area (Å²) in [5.74, 6) is 10.3. The van der Waals surface area contributed by atoms with Gasteiger partial charge in [-0.1, -0.05) is 369 Å². The van der Waals surface area contributed by atoms with Gasteiger partial charge in [0.05, 0.1) is 31.5 Å². The summed E-state index contributed by atoms with van der Waals surface area (Å²) in [6, 6.07) is 29.0. The van der Waals surface area contributed by atoms with Gasteiger partial charge in [0.2, 0.25) is 35.6 Å². The monoisotopic (exact) mass is 1750 g/mol. The van der Waals surface area contributed by atoms with Crippen LogP contribution < -0.4 is 4.74 Å². The molecule has 2 aliphatic rings. The molecule has 3 aromatic rings. The van der Waals surface area contributed by atoms with Crippen molar-refractivity contribution in [1.29, 1.82) is 0 Å². The average molecular weight is 1750 g/mol. The summed E-state index contributed by atoms with van der Waals surface area (Å²) in [6.45, 7) is 23.1. The van der Waals surface area contributed by atoms with Crippen LogP contribution in [0.1, 0.15) is 175 Å². The minimum absolute atomic E-state index is 0.0937. The van der Waals surface area contributed by atoms with E-state index in [1.54, 1.807) is 48.5 Å². The second-order valence-corrected chi connectivity index (χ2v) is 40.9. The fourth-order valence-electron chi connectivity index (χ4n) is 8.45. The van der Waals surface area contributed by atoms with Crippen LogP contribution in [0.4, 0.5) is 38.4 Å². The highest BCUT2D eigenvalue weighted by Gasteiger charge is 2.24. The molecule has 2 fully saturated rings. The Balaban J connectivity index is -0.00000115. The lowest BCUT2D eigenvalue weighted by Crippen LogP contribution is -2.20. The van der Waals surface area contributed by atoms with E-state index >= 15 is 0 Å². The molecule has 12 nitrogen and oxygen atoms in total. The molecule has 0 spiro atoms. The first-order valence-corrected chi connectivity index (χ1v) is 53.1. The topological polar surface area (TPSA) is 181 Å². The predicted octanol–water partition coefficient (Wildman–Crippen LogP) is 29.1. The number of ether oxygens (including phenoxy) is 3. The van der Waals surface area contributed by atoms with Gasteiger partial charge in [-0.05, 0) is 160 Å². The maximum absolute atomic E-state index is 11.6. The van der Waals surface area contributed by atoms with Crippen molar-refractivity contribution in [3.63, 3.8) is 0 Å². The largest absolute Gasteiger partial charge is 0.493 e. The van der Waals surface area contributed by atoms with E-state index in [-0.39, 0.29) is 47.5 Å². The fourth-order valence-corrected chi connectivity index (χ4v) is 18.9. The SMILES string of the molecule is CCC(CC)CSC(=O)SC.CCC(CSC(=O)SC)c1ccccc1.CCCSC(=O)SC.CSC(=O)SC1CCCCC1C.CSC(=O)SCC(C)C.CSC(=O)SCC(C)COC(=O)c1ccccc1.CSC(=O)SCC(C)COC1CCCCC1.CSC(=O)SCC(C)COc1ccccc1. The summed E-state index contributed by atoms with van der Waals surface area (Å²) in [6.07, 6.45) is 31.2. The molecular weight excluding hydrogens is 1630 g/mol. The molecule has 0 bridgehead atoms. The lowest BCUT2D eigenvalue weighted by atomic mass is 9.90. The van der Waals surface area contributed by atoms with Crippen molar-refractivity contribution in [2.75, 3.05) is 110 Å². The van der Waals surface area contributed by atoms with E-state index in [1.807, 2.05) is 86.9 Å². The van der Waals surface area contributed by atoms with Crippen molar-refractivity contribution in [3.8, 4) is 5.75 Å². The first-order valence-electron chi connectivity index (χ1n) is 35.6. The minimum atomic E-state index is -0.316. The molecule has 2 aliphatic carbocycles. The Kier molecular flexibility index (Phi) is 79.4. The van der Waals surface area contributed by atoms with Gasteiger partial charge < -0.3 is 14.2 Å². The molecule has 0 aliphatic heterocycles. The Labute approximate surface area is 703 Å². The summed E-state index contributed by atoms with van der Waals surface area (Å²) in [7, 11) is 0. The molecule has 0 aromatic heterocycles. The van der Waals surface area contributed by atoms with E-state index in [0.717, 1.165) is 71.6 Å². The number of benzene rings is 3. The molecule has 6 unspecified atom stereocenters. The molecule has 0 N–H and O–H groups in total. The van der Waals surface area contributed by atoms with Crippen LogP contribution in [0.5, 0.6) is 5.75 Å². The Morgan fingerprint density at radius 1 is 0.410 bits per heavy atom. The second kappa shape index (κ2) is 76.5. The summed E-state index contributed by atoms with van der Waals surface area (Å²) >= 11 is 21.6. The number of hydrogen-bond donors (Lipinski definition) is 0. The molecule has 5 rings (SSSR count). The Morgan fingerprint density at radius 3 is 1.23 bits per heavy atom. The van der Waals surface area contributed by atoms with Gasteiger partial charge >= 0.3 is 5.97 Å². The highest BCUT2D eigenvalue weighted by atomic mass is 32.2. The molecule has 3 aromatic carbocycles. The average Bonchev–Trinajstić information content (AvgIpc) is 0.932. The zero-order chi connectivity index (χ0) is 79.4. The van der Waals surface area contributed by atoms with E-state index in [9.17, 15) is 43.2 Å². The van der Waals surface area contributed by atoms with E-state index in [4.69, 9.17) is 14.2 Å². The Hall–Kier alpha value is -0.150. The number of thioether (sulfide) groups is 16. The predicted molar refractivity (Wildman–Crippen MR) is 495 cm³/mol. The lowest BCUT2D eigenvalue weighted by molar-refractivity contribution is 0.0145. The minimum Gasteiger partial charge on any atom is -0.493 e. The number of rotatable bonds is 28. The van der Waals surface area contributed by atoms with Crippen LogP contribution in [0.2, 0.25) is 0 Å². The van der Waals surface area contributed by atoms with Crippen LogP contribution in [-0.4, -0.2) is 163 Å². The molecule has 6 atom stereocenters.